The van der Waals surface area contributed by atoms with Crippen LogP contribution in [0.2, 0.25) is 0 Å². The number of nitriles is 1. The lowest BCUT2D eigenvalue weighted by Crippen LogP contribution is -2.34. The van der Waals surface area contributed by atoms with Gasteiger partial charge in [0.15, 0.2) is 0 Å². The molecule has 0 aliphatic heterocycles. The summed E-state index contributed by atoms with van der Waals surface area (Å²) in [6.45, 7) is 3.53. The van der Waals surface area contributed by atoms with Crippen molar-refractivity contribution in [1.29, 1.82) is 5.26 Å². The number of anilines is 1. The van der Waals surface area contributed by atoms with Crippen LogP contribution in [0, 0.1) is 22.6 Å². The Morgan fingerprint density at radius 1 is 1.50 bits per heavy atom. The molecule has 0 saturated heterocycles. The van der Waals surface area contributed by atoms with Crippen LogP contribution in [0.3, 0.4) is 0 Å². The van der Waals surface area contributed by atoms with Crippen molar-refractivity contribution < 1.29 is 9.18 Å². The van der Waals surface area contributed by atoms with E-state index < -0.39 is 17.1 Å². The lowest BCUT2D eigenvalue weighted by Gasteiger charge is -2.22. The van der Waals surface area contributed by atoms with Crippen LogP contribution in [-0.4, -0.2) is 5.91 Å². The second-order valence-electron chi connectivity index (χ2n) is 3.95. The zero-order valence-corrected chi connectivity index (χ0v) is 11.8. The first-order chi connectivity index (χ1) is 8.50. The smallest absolute Gasteiger partial charge is 0.244 e. The Morgan fingerprint density at radius 3 is 2.56 bits per heavy atom. The fourth-order valence-electron chi connectivity index (χ4n) is 1.63. The lowest BCUT2D eigenvalue weighted by molar-refractivity contribution is -0.123. The molecule has 1 N–H and O–H groups in total. The predicted molar refractivity (Wildman–Crippen MR) is 71.4 cm³/mol. The highest BCUT2D eigenvalue weighted by molar-refractivity contribution is 9.10. The standard InChI is InChI=1S/C13H14BrFN2O/c1-3-13(4-2,8-16)12(18)17-11-9(14)6-5-7-10(11)15/h5-7H,3-4H2,1-2H3,(H,17,18). The van der Waals surface area contributed by atoms with Gasteiger partial charge in [-0.1, -0.05) is 19.9 Å². The van der Waals surface area contributed by atoms with Gasteiger partial charge in [-0.2, -0.15) is 5.26 Å². The van der Waals surface area contributed by atoms with E-state index in [4.69, 9.17) is 5.26 Å². The van der Waals surface area contributed by atoms with E-state index in [1.165, 1.54) is 12.1 Å². The highest BCUT2D eigenvalue weighted by atomic mass is 79.9. The molecule has 96 valence electrons. The van der Waals surface area contributed by atoms with Crippen LogP contribution in [0.25, 0.3) is 0 Å². The normalized spacial score (nSPS) is 10.8. The second-order valence-corrected chi connectivity index (χ2v) is 4.81. The van der Waals surface area contributed by atoms with Gasteiger partial charge < -0.3 is 5.32 Å². The zero-order chi connectivity index (χ0) is 13.8. The molecule has 0 bridgehead atoms. The summed E-state index contributed by atoms with van der Waals surface area (Å²) in [5, 5.41) is 11.6. The number of halogens is 2. The quantitative estimate of drug-likeness (QED) is 0.918. The van der Waals surface area contributed by atoms with Gasteiger partial charge in [0.1, 0.15) is 11.2 Å². The van der Waals surface area contributed by atoms with E-state index in [-0.39, 0.29) is 5.69 Å². The third kappa shape index (κ3) is 2.70. The Morgan fingerprint density at radius 2 is 2.11 bits per heavy atom. The molecule has 3 nitrogen and oxygen atoms in total. The van der Waals surface area contributed by atoms with Crippen LogP contribution < -0.4 is 5.32 Å². The molecule has 0 spiro atoms. The SMILES string of the molecule is CCC(C#N)(CC)C(=O)Nc1c(F)cccc1Br. The number of hydrogen-bond acceptors (Lipinski definition) is 2. The lowest BCUT2D eigenvalue weighted by atomic mass is 9.83. The van der Waals surface area contributed by atoms with Crippen molar-refractivity contribution in [3.05, 3.63) is 28.5 Å². The van der Waals surface area contributed by atoms with Gasteiger partial charge in [-0.15, -0.1) is 0 Å². The summed E-state index contributed by atoms with van der Waals surface area (Å²) in [5.41, 5.74) is -1.04. The first-order valence-electron chi connectivity index (χ1n) is 5.67. The van der Waals surface area contributed by atoms with Gasteiger partial charge in [0, 0.05) is 4.47 Å². The fourth-order valence-corrected chi connectivity index (χ4v) is 2.07. The molecule has 0 aliphatic carbocycles. The average Bonchev–Trinajstić information content (AvgIpc) is 2.37. The first kappa shape index (κ1) is 14.7. The molecule has 0 radical (unpaired) electrons. The van der Waals surface area contributed by atoms with Crippen molar-refractivity contribution in [2.24, 2.45) is 5.41 Å². The predicted octanol–water partition coefficient (Wildman–Crippen LogP) is 3.86. The molecule has 0 unspecified atom stereocenters. The van der Waals surface area contributed by atoms with E-state index >= 15 is 0 Å². The van der Waals surface area contributed by atoms with Crippen LogP contribution in [-0.2, 0) is 4.79 Å². The van der Waals surface area contributed by atoms with Gasteiger partial charge in [0.2, 0.25) is 5.91 Å². The number of rotatable bonds is 4. The van der Waals surface area contributed by atoms with Gasteiger partial charge in [-0.3, -0.25) is 4.79 Å². The summed E-state index contributed by atoms with van der Waals surface area (Å²) in [4.78, 5) is 12.1. The van der Waals surface area contributed by atoms with E-state index in [1.54, 1.807) is 19.9 Å². The molecule has 1 aromatic carbocycles. The Bertz CT molecular complexity index is 472. The molecule has 5 heteroatoms. The Hall–Kier alpha value is -1.41. The van der Waals surface area contributed by atoms with Gasteiger partial charge in [0.05, 0.1) is 11.8 Å². The van der Waals surface area contributed by atoms with E-state index in [2.05, 4.69) is 21.2 Å². The molecule has 0 aliphatic rings. The van der Waals surface area contributed by atoms with Crippen LogP contribution in [0.15, 0.2) is 22.7 Å². The molecule has 0 atom stereocenters. The summed E-state index contributed by atoms with van der Waals surface area (Å²) in [5.74, 6) is -1.00. The molecular weight excluding hydrogens is 299 g/mol. The minimum atomic E-state index is -1.11. The van der Waals surface area contributed by atoms with E-state index in [0.717, 1.165) is 0 Å². The van der Waals surface area contributed by atoms with Crippen molar-refractivity contribution >= 4 is 27.5 Å². The minimum Gasteiger partial charge on any atom is -0.321 e. The third-order valence-corrected chi connectivity index (χ3v) is 3.72. The average molecular weight is 313 g/mol. The number of carbonyl (C=O) groups excluding carboxylic acids is 1. The summed E-state index contributed by atoms with van der Waals surface area (Å²) in [7, 11) is 0. The summed E-state index contributed by atoms with van der Waals surface area (Å²) in [6, 6.07) is 6.44. The molecule has 1 rings (SSSR count). The Kier molecular flexibility index (Phi) is 4.85. The molecule has 1 amide bonds. The Labute approximate surface area is 114 Å². The van der Waals surface area contributed by atoms with E-state index in [9.17, 15) is 9.18 Å². The van der Waals surface area contributed by atoms with Gasteiger partial charge in [-0.25, -0.2) is 4.39 Å². The maximum Gasteiger partial charge on any atom is 0.244 e. The summed E-state index contributed by atoms with van der Waals surface area (Å²) in [6.07, 6.45) is 0.774. The summed E-state index contributed by atoms with van der Waals surface area (Å²) >= 11 is 3.17. The maximum absolute atomic E-state index is 13.6. The van der Waals surface area contributed by atoms with Crippen LogP contribution in [0.5, 0.6) is 0 Å². The fraction of sp³-hybridized carbons (Fsp3) is 0.385. The van der Waals surface area contributed by atoms with Crippen molar-refractivity contribution in [3.8, 4) is 6.07 Å². The van der Waals surface area contributed by atoms with Crippen LogP contribution >= 0.6 is 15.9 Å². The highest BCUT2D eigenvalue weighted by Crippen LogP contribution is 2.30. The molecule has 1 aromatic rings. The van der Waals surface area contributed by atoms with E-state index in [0.29, 0.717) is 17.3 Å². The van der Waals surface area contributed by atoms with Crippen molar-refractivity contribution in [2.75, 3.05) is 5.32 Å². The molecule has 0 heterocycles. The largest absolute Gasteiger partial charge is 0.321 e. The van der Waals surface area contributed by atoms with Crippen molar-refractivity contribution in [1.82, 2.24) is 0 Å². The maximum atomic E-state index is 13.6. The topological polar surface area (TPSA) is 52.9 Å². The number of benzene rings is 1. The summed E-state index contributed by atoms with van der Waals surface area (Å²) < 4.78 is 14.0. The third-order valence-electron chi connectivity index (χ3n) is 3.06. The number of para-hydroxylation sites is 1. The van der Waals surface area contributed by atoms with E-state index in [1.807, 2.05) is 6.07 Å². The molecule has 18 heavy (non-hydrogen) atoms. The first-order valence-corrected chi connectivity index (χ1v) is 6.46. The van der Waals surface area contributed by atoms with Crippen LogP contribution in [0.4, 0.5) is 10.1 Å². The highest BCUT2D eigenvalue weighted by Gasteiger charge is 2.35. The van der Waals surface area contributed by atoms with Crippen molar-refractivity contribution in [2.45, 2.75) is 26.7 Å². The second kappa shape index (κ2) is 5.96. The molecular formula is C13H14BrFN2O. The molecule has 0 fully saturated rings. The van der Waals surface area contributed by atoms with Crippen molar-refractivity contribution in [3.63, 3.8) is 0 Å². The monoisotopic (exact) mass is 312 g/mol. The molecule has 0 saturated carbocycles. The minimum absolute atomic E-state index is 0.0732. The zero-order valence-electron chi connectivity index (χ0n) is 10.3. The number of carbonyl (C=O) groups is 1. The van der Waals surface area contributed by atoms with Gasteiger partial charge in [0.25, 0.3) is 0 Å². The number of amides is 1. The number of hydrogen-bond donors (Lipinski definition) is 1. The van der Waals surface area contributed by atoms with Gasteiger partial charge >= 0.3 is 0 Å². The number of nitrogens with one attached hydrogen (secondary N) is 1. The van der Waals surface area contributed by atoms with Gasteiger partial charge in [-0.05, 0) is 40.9 Å². The Balaban J connectivity index is 3.05. The number of nitrogens with zero attached hydrogens (tertiary/aromatic N) is 1. The molecule has 0 aromatic heterocycles. The van der Waals surface area contributed by atoms with Crippen LogP contribution in [0.1, 0.15) is 26.7 Å².